The van der Waals surface area contributed by atoms with Crippen LogP contribution in [0.1, 0.15) is 43.7 Å². The van der Waals surface area contributed by atoms with E-state index in [0.29, 0.717) is 12.3 Å². The fourth-order valence-corrected chi connectivity index (χ4v) is 3.15. The third-order valence-corrected chi connectivity index (χ3v) is 3.97. The summed E-state index contributed by atoms with van der Waals surface area (Å²) in [5.41, 5.74) is 5.26. The van der Waals surface area contributed by atoms with Crippen molar-refractivity contribution in [3.8, 4) is 11.1 Å². The highest BCUT2D eigenvalue weighted by Crippen LogP contribution is 2.46. The Morgan fingerprint density at radius 2 is 1.52 bits per heavy atom. The van der Waals surface area contributed by atoms with Gasteiger partial charge in [-0.2, -0.15) is 0 Å². The Morgan fingerprint density at radius 1 is 1.00 bits per heavy atom. The number of benzene rings is 2. The summed E-state index contributed by atoms with van der Waals surface area (Å²) in [7, 11) is 0. The molecule has 0 atom stereocenters. The lowest BCUT2D eigenvalue weighted by Crippen LogP contribution is -2.12. The van der Waals surface area contributed by atoms with E-state index in [2.05, 4.69) is 48.5 Å². The summed E-state index contributed by atoms with van der Waals surface area (Å²) in [5, 5.41) is 0. The van der Waals surface area contributed by atoms with Gasteiger partial charge in [0, 0.05) is 12.3 Å². The molecule has 0 spiro atoms. The number of ether oxygens (including phenoxy) is 1. The maximum atomic E-state index is 11.8. The topological polar surface area (TPSA) is 26.3 Å². The predicted octanol–water partition coefficient (Wildman–Crippen LogP) is 4.53. The van der Waals surface area contributed by atoms with Gasteiger partial charge < -0.3 is 4.74 Å². The summed E-state index contributed by atoms with van der Waals surface area (Å²) in [6.45, 7) is 3.77. The summed E-state index contributed by atoms with van der Waals surface area (Å²) < 4.78 is 5.25. The Labute approximate surface area is 125 Å². The molecule has 0 aromatic heterocycles. The van der Waals surface area contributed by atoms with E-state index in [1.807, 2.05) is 13.8 Å². The molecule has 21 heavy (non-hydrogen) atoms. The molecule has 108 valence electrons. The van der Waals surface area contributed by atoms with Crippen LogP contribution in [0, 0.1) is 0 Å². The van der Waals surface area contributed by atoms with E-state index >= 15 is 0 Å². The Morgan fingerprint density at radius 3 is 2.05 bits per heavy atom. The molecule has 0 heterocycles. The van der Waals surface area contributed by atoms with Crippen LogP contribution in [0.5, 0.6) is 0 Å². The van der Waals surface area contributed by atoms with Crippen LogP contribution in [0.4, 0.5) is 0 Å². The zero-order chi connectivity index (χ0) is 14.8. The molecule has 2 nitrogen and oxygen atoms in total. The molecule has 2 heteroatoms. The van der Waals surface area contributed by atoms with Crippen LogP contribution in [-0.2, 0) is 9.53 Å². The van der Waals surface area contributed by atoms with E-state index in [0.717, 1.165) is 6.42 Å². The van der Waals surface area contributed by atoms with Crippen LogP contribution in [0.15, 0.2) is 48.5 Å². The maximum absolute atomic E-state index is 11.8. The summed E-state index contributed by atoms with van der Waals surface area (Å²) in [6, 6.07) is 17.0. The molecule has 2 aromatic rings. The van der Waals surface area contributed by atoms with E-state index in [9.17, 15) is 4.79 Å². The van der Waals surface area contributed by atoms with Gasteiger partial charge in [-0.25, -0.2) is 0 Å². The third-order valence-electron chi connectivity index (χ3n) is 3.97. The standard InChI is InChI=1S/C19H20O2/c1-13(2)21-19(20)12-11-18-16-9-5-3-7-14(16)15-8-4-6-10-17(15)18/h3-10,13,18H,11-12H2,1-2H3. The van der Waals surface area contributed by atoms with E-state index in [1.165, 1.54) is 22.3 Å². The van der Waals surface area contributed by atoms with Crippen LogP contribution in [0.2, 0.25) is 0 Å². The van der Waals surface area contributed by atoms with Gasteiger partial charge in [-0.15, -0.1) is 0 Å². The van der Waals surface area contributed by atoms with Gasteiger partial charge in [0.05, 0.1) is 6.10 Å². The summed E-state index contributed by atoms with van der Waals surface area (Å²) >= 11 is 0. The Kier molecular flexibility index (Phi) is 3.78. The molecule has 0 N–H and O–H groups in total. The normalized spacial score (nSPS) is 13.1. The minimum absolute atomic E-state index is 0.0411. The molecule has 0 aliphatic heterocycles. The maximum Gasteiger partial charge on any atom is 0.306 e. The van der Waals surface area contributed by atoms with Gasteiger partial charge >= 0.3 is 5.97 Å². The van der Waals surface area contributed by atoms with Gasteiger partial charge in [0.2, 0.25) is 0 Å². The minimum atomic E-state index is -0.105. The third kappa shape index (κ3) is 2.71. The van der Waals surface area contributed by atoms with Gasteiger partial charge in [-0.1, -0.05) is 48.5 Å². The van der Waals surface area contributed by atoms with E-state index in [-0.39, 0.29) is 12.1 Å². The number of rotatable bonds is 4. The molecule has 0 bridgehead atoms. The second-order valence-corrected chi connectivity index (χ2v) is 5.80. The van der Waals surface area contributed by atoms with Gasteiger partial charge in [-0.05, 0) is 42.5 Å². The molecule has 0 unspecified atom stereocenters. The number of carbonyl (C=O) groups is 1. The molecule has 1 aliphatic carbocycles. The van der Waals surface area contributed by atoms with E-state index in [4.69, 9.17) is 4.74 Å². The first-order valence-corrected chi connectivity index (χ1v) is 7.54. The number of fused-ring (bicyclic) bond motifs is 3. The van der Waals surface area contributed by atoms with E-state index in [1.54, 1.807) is 0 Å². The summed E-state index contributed by atoms with van der Waals surface area (Å²) in [6.07, 6.45) is 1.23. The Hall–Kier alpha value is -2.09. The average molecular weight is 280 g/mol. The van der Waals surface area contributed by atoms with Crippen LogP contribution in [-0.4, -0.2) is 12.1 Å². The lowest BCUT2D eigenvalue weighted by atomic mass is 9.92. The van der Waals surface area contributed by atoms with Crippen LogP contribution >= 0.6 is 0 Å². The quantitative estimate of drug-likeness (QED) is 0.769. The van der Waals surface area contributed by atoms with Crippen LogP contribution in [0.25, 0.3) is 11.1 Å². The highest BCUT2D eigenvalue weighted by molar-refractivity contribution is 5.79. The van der Waals surface area contributed by atoms with Crippen molar-refractivity contribution in [1.29, 1.82) is 0 Å². The summed E-state index contributed by atoms with van der Waals surface area (Å²) in [4.78, 5) is 11.8. The van der Waals surface area contributed by atoms with Gasteiger partial charge in [0.15, 0.2) is 0 Å². The van der Waals surface area contributed by atoms with Crippen LogP contribution in [0.3, 0.4) is 0 Å². The molecule has 0 radical (unpaired) electrons. The summed E-state index contributed by atoms with van der Waals surface area (Å²) in [5.74, 6) is 0.198. The molecule has 0 saturated carbocycles. The predicted molar refractivity (Wildman–Crippen MR) is 84.2 cm³/mol. The van der Waals surface area contributed by atoms with Crippen molar-refractivity contribution < 1.29 is 9.53 Å². The van der Waals surface area contributed by atoms with Gasteiger partial charge in [-0.3, -0.25) is 4.79 Å². The highest BCUT2D eigenvalue weighted by atomic mass is 16.5. The van der Waals surface area contributed by atoms with Crippen LogP contribution < -0.4 is 0 Å². The van der Waals surface area contributed by atoms with E-state index < -0.39 is 0 Å². The molecular formula is C19H20O2. The Balaban J connectivity index is 1.84. The number of carbonyl (C=O) groups excluding carboxylic acids is 1. The fraction of sp³-hybridized carbons (Fsp3) is 0.316. The Bertz CT molecular complexity index is 613. The second-order valence-electron chi connectivity index (χ2n) is 5.80. The van der Waals surface area contributed by atoms with Crippen molar-refractivity contribution in [1.82, 2.24) is 0 Å². The minimum Gasteiger partial charge on any atom is -0.463 e. The first kappa shape index (κ1) is 13.9. The first-order chi connectivity index (χ1) is 10.2. The van der Waals surface area contributed by atoms with Gasteiger partial charge in [0.1, 0.15) is 0 Å². The van der Waals surface area contributed by atoms with Crippen molar-refractivity contribution in [2.45, 2.75) is 38.7 Å². The zero-order valence-electron chi connectivity index (χ0n) is 12.5. The lowest BCUT2D eigenvalue weighted by molar-refractivity contribution is -0.147. The number of hydrogen-bond donors (Lipinski definition) is 0. The number of hydrogen-bond acceptors (Lipinski definition) is 2. The monoisotopic (exact) mass is 280 g/mol. The largest absolute Gasteiger partial charge is 0.463 e. The fourth-order valence-electron chi connectivity index (χ4n) is 3.15. The molecule has 3 rings (SSSR count). The van der Waals surface area contributed by atoms with Crippen molar-refractivity contribution in [2.75, 3.05) is 0 Å². The zero-order valence-corrected chi connectivity index (χ0v) is 12.5. The van der Waals surface area contributed by atoms with Crippen molar-refractivity contribution in [2.24, 2.45) is 0 Å². The molecule has 0 saturated heterocycles. The molecule has 1 aliphatic rings. The van der Waals surface area contributed by atoms with Gasteiger partial charge in [0.25, 0.3) is 0 Å². The van der Waals surface area contributed by atoms with Crippen molar-refractivity contribution >= 4 is 5.97 Å². The van der Waals surface area contributed by atoms with Crippen molar-refractivity contribution in [3.05, 3.63) is 59.7 Å². The lowest BCUT2D eigenvalue weighted by Gasteiger charge is -2.14. The smallest absolute Gasteiger partial charge is 0.306 e. The SMILES string of the molecule is CC(C)OC(=O)CCC1c2ccccc2-c2ccccc21. The highest BCUT2D eigenvalue weighted by Gasteiger charge is 2.28. The molecule has 2 aromatic carbocycles. The molecule has 0 amide bonds. The molecule has 0 fully saturated rings. The second kappa shape index (κ2) is 5.72. The average Bonchev–Trinajstić information content (AvgIpc) is 2.79. The molecular weight excluding hydrogens is 260 g/mol. The number of esters is 1. The van der Waals surface area contributed by atoms with Crippen molar-refractivity contribution in [3.63, 3.8) is 0 Å². The first-order valence-electron chi connectivity index (χ1n) is 7.54.